The van der Waals surface area contributed by atoms with Gasteiger partial charge in [-0.3, -0.25) is 14.2 Å². The predicted octanol–water partition coefficient (Wildman–Crippen LogP) is 2.20. The van der Waals surface area contributed by atoms with Crippen molar-refractivity contribution in [1.29, 1.82) is 0 Å². The number of aromatic nitrogens is 3. The van der Waals surface area contributed by atoms with Crippen molar-refractivity contribution in [3.8, 4) is 0 Å². The number of nitrogens with one attached hydrogen (secondary N) is 1. The SMILES string of the molecule is CC(C)CCNC(=O)CCn1c(=O)c2cccn2c2cccnc21. The molecule has 0 bridgehead atoms. The molecule has 0 aromatic carbocycles. The lowest BCUT2D eigenvalue weighted by Crippen LogP contribution is -2.29. The van der Waals surface area contributed by atoms with E-state index < -0.39 is 0 Å². The average Bonchev–Trinajstić information content (AvgIpc) is 3.04. The number of hydrogen-bond donors (Lipinski definition) is 1. The summed E-state index contributed by atoms with van der Waals surface area (Å²) in [6, 6.07) is 7.39. The van der Waals surface area contributed by atoms with E-state index in [0.29, 0.717) is 30.2 Å². The molecule has 0 radical (unpaired) electrons. The number of amides is 1. The molecule has 0 spiro atoms. The molecule has 3 heterocycles. The van der Waals surface area contributed by atoms with Crippen LogP contribution in [-0.4, -0.2) is 26.4 Å². The fourth-order valence-electron chi connectivity index (χ4n) is 2.79. The largest absolute Gasteiger partial charge is 0.356 e. The molecule has 0 aliphatic heterocycles. The van der Waals surface area contributed by atoms with Crippen molar-refractivity contribution in [2.24, 2.45) is 5.92 Å². The second-order valence-electron chi connectivity index (χ2n) is 6.35. The standard InChI is InChI=1S/C18H22N4O2/c1-13(2)7-10-19-16(23)8-12-22-17-14(5-3-9-20-17)21-11-4-6-15(21)18(22)24/h3-6,9,11,13H,7-8,10,12H2,1-2H3,(H,19,23). The Hall–Kier alpha value is -2.63. The van der Waals surface area contributed by atoms with Crippen LogP contribution in [-0.2, 0) is 11.3 Å². The van der Waals surface area contributed by atoms with Crippen LogP contribution in [0.4, 0.5) is 0 Å². The van der Waals surface area contributed by atoms with Gasteiger partial charge >= 0.3 is 0 Å². The van der Waals surface area contributed by atoms with Gasteiger partial charge in [-0.25, -0.2) is 4.98 Å². The summed E-state index contributed by atoms with van der Waals surface area (Å²) < 4.78 is 3.43. The van der Waals surface area contributed by atoms with Gasteiger partial charge in [-0.1, -0.05) is 13.8 Å². The third-order valence-corrected chi connectivity index (χ3v) is 4.10. The van der Waals surface area contributed by atoms with E-state index in [1.54, 1.807) is 16.8 Å². The summed E-state index contributed by atoms with van der Waals surface area (Å²) in [7, 11) is 0. The minimum atomic E-state index is -0.124. The first-order valence-electron chi connectivity index (χ1n) is 8.29. The Morgan fingerprint density at radius 2 is 2.04 bits per heavy atom. The van der Waals surface area contributed by atoms with Crippen molar-refractivity contribution in [2.45, 2.75) is 33.2 Å². The molecular weight excluding hydrogens is 304 g/mol. The Morgan fingerprint density at radius 3 is 2.83 bits per heavy atom. The Kier molecular flexibility index (Phi) is 4.64. The fraction of sp³-hybridized carbons (Fsp3) is 0.389. The zero-order valence-corrected chi connectivity index (χ0v) is 14.0. The Morgan fingerprint density at radius 1 is 1.25 bits per heavy atom. The van der Waals surface area contributed by atoms with E-state index in [0.717, 1.165) is 11.9 Å². The summed E-state index contributed by atoms with van der Waals surface area (Å²) in [5, 5.41) is 2.90. The molecule has 0 aliphatic rings. The second kappa shape index (κ2) is 6.86. The van der Waals surface area contributed by atoms with Gasteiger partial charge < -0.3 is 9.72 Å². The van der Waals surface area contributed by atoms with Crippen LogP contribution in [0.5, 0.6) is 0 Å². The summed E-state index contributed by atoms with van der Waals surface area (Å²) in [6.45, 7) is 5.23. The van der Waals surface area contributed by atoms with Gasteiger partial charge in [0, 0.05) is 31.9 Å². The highest BCUT2D eigenvalue weighted by atomic mass is 16.2. The predicted molar refractivity (Wildman–Crippen MR) is 94.0 cm³/mol. The molecule has 3 aromatic heterocycles. The van der Waals surface area contributed by atoms with Crippen LogP contribution in [0.1, 0.15) is 26.7 Å². The average molecular weight is 326 g/mol. The van der Waals surface area contributed by atoms with Crippen molar-refractivity contribution in [3.05, 3.63) is 47.0 Å². The summed E-state index contributed by atoms with van der Waals surface area (Å²) in [4.78, 5) is 29.0. The van der Waals surface area contributed by atoms with Gasteiger partial charge in [0.05, 0.1) is 5.52 Å². The molecule has 6 heteroatoms. The third-order valence-electron chi connectivity index (χ3n) is 4.10. The van der Waals surface area contributed by atoms with Gasteiger partial charge in [0.25, 0.3) is 5.56 Å². The lowest BCUT2D eigenvalue weighted by atomic mass is 10.1. The van der Waals surface area contributed by atoms with Crippen molar-refractivity contribution in [2.75, 3.05) is 6.54 Å². The molecule has 1 N–H and O–H groups in total. The number of aryl methyl sites for hydroxylation is 1. The Labute approximate surface area is 140 Å². The third kappa shape index (κ3) is 3.18. The van der Waals surface area contributed by atoms with Gasteiger partial charge in [0.2, 0.25) is 5.91 Å². The zero-order valence-electron chi connectivity index (χ0n) is 14.0. The number of pyridine rings is 1. The van der Waals surface area contributed by atoms with Crippen LogP contribution >= 0.6 is 0 Å². The zero-order chi connectivity index (χ0) is 17.1. The number of carbonyl (C=O) groups excluding carboxylic acids is 1. The van der Waals surface area contributed by atoms with Crippen LogP contribution in [0.3, 0.4) is 0 Å². The summed E-state index contributed by atoms with van der Waals surface area (Å²) in [5.41, 5.74) is 1.93. The van der Waals surface area contributed by atoms with Crippen molar-refractivity contribution < 1.29 is 4.79 Å². The molecule has 0 saturated carbocycles. The summed E-state index contributed by atoms with van der Waals surface area (Å²) >= 11 is 0. The summed E-state index contributed by atoms with van der Waals surface area (Å²) in [5.74, 6) is 0.514. The second-order valence-corrected chi connectivity index (χ2v) is 6.35. The molecule has 24 heavy (non-hydrogen) atoms. The maximum atomic E-state index is 12.7. The lowest BCUT2D eigenvalue weighted by Gasteiger charge is -2.12. The fourth-order valence-corrected chi connectivity index (χ4v) is 2.79. The maximum Gasteiger partial charge on any atom is 0.276 e. The maximum absolute atomic E-state index is 12.7. The Balaban J connectivity index is 1.84. The molecule has 6 nitrogen and oxygen atoms in total. The first-order chi connectivity index (χ1) is 11.6. The number of hydrogen-bond acceptors (Lipinski definition) is 3. The van der Waals surface area contributed by atoms with E-state index in [4.69, 9.17) is 0 Å². The lowest BCUT2D eigenvalue weighted by molar-refractivity contribution is -0.121. The topological polar surface area (TPSA) is 68.4 Å². The van der Waals surface area contributed by atoms with Crippen molar-refractivity contribution in [3.63, 3.8) is 0 Å². The van der Waals surface area contributed by atoms with Gasteiger partial charge in [-0.2, -0.15) is 0 Å². The van der Waals surface area contributed by atoms with Gasteiger partial charge in [0.1, 0.15) is 5.52 Å². The van der Waals surface area contributed by atoms with E-state index in [1.807, 2.05) is 28.8 Å². The van der Waals surface area contributed by atoms with E-state index in [2.05, 4.69) is 24.1 Å². The molecule has 0 aliphatic carbocycles. The summed E-state index contributed by atoms with van der Waals surface area (Å²) in [6.07, 6.45) is 4.73. The minimum absolute atomic E-state index is 0.0399. The van der Waals surface area contributed by atoms with E-state index >= 15 is 0 Å². The van der Waals surface area contributed by atoms with E-state index in [9.17, 15) is 9.59 Å². The van der Waals surface area contributed by atoms with Crippen molar-refractivity contribution >= 4 is 22.6 Å². The number of carbonyl (C=O) groups is 1. The van der Waals surface area contributed by atoms with E-state index in [-0.39, 0.29) is 17.9 Å². The number of rotatable bonds is 6. The number of nitrogens with zero attached hydrogens (tertiary/aromatic N) is 3. The van der Waals surface area contributed by atoms with Gasteiger partial charge in [-0.05, 0) is 36.6 Å². The van der Waals surface area contributed by atoms with Gasteiger partial charge in [-0.15, -0.1) is 0 Å². The van der Waals surface area contributed by atoms with Crippen LogP contribution in [0.15, 0.2) is 41.5 Å². The quantitative estimate of drug-likeness (QED) is 0.755. The highest BCUT2D eigenvalue weighted by molar-refractivity contribution is 5.77. The van der Waals surface area contributed by atoms with Gasteiger partial charge in [0.15, 0.2) is 5.65 Å². The normalized spacial score (nSPS) is 11.5. The van der Waals surface area contributed by atoms with E-state index in [1.165, 1.54) is 0 Å². The molecule has 3 aromatic rings. The molecular formula is C18H22N4O2. The molecule has 0 atom stereocenters. The minimum Gasteiger partial charge on any atom is -0.356 e. The van der Waals surface area contributed by atoms with Crippen LogP contribution in [0, 0.1) is 5.92 Å². The highest BCUT2D eigenvalue weighted by Gasteiger charge is 2.12. The Bertz CT molecular complexity index is 924. The van der Waals surface area contributed by atoms with Crippen LogP contribution in [0.2, 0.25) is 0 Å². The smallest absolute Gasteiger partial charge is 0.276 e. The first-order valence-corrected chi connectivity index (χ1v) is 8.29. The molecule has 126 valence electrons. The molecule has 1 amide bonds. The van der Waals surface area contributed by atoms with Crippen molar-refractivity contribution in [1.82, 2.24) is 19.3 Å². The van der Waals surface area contributed by atoms with Crippen LogP contribution < -0.4 is 10.9 Å². The molecule has 3 rings (SSSR count). The first kappa shape index (κ1) is 16.2. The monoisotopic (exact) mass is 326 g/mol. The number of fused-ring (bicyclic) bond motifs is 3. The van der Waals surface area contributed by atoms with Crippen LogP contribution in [0.25, 0.3) is 16.7 Å². The molecule has 0 unspecified atom stereocenters. The molecule has 0 fully saturated rings. The highest BCUT2D eigenvalue weighted by Crippen LogP contribution is 2.13. The molecule has 0 saturated heterocycles.